The van der Waals surface area contributed by atoms with Crippen molar-refractivity contribution in [2.75, 3.05) is 7.05 Å². The summed E-state index contributed by atoms with van der Waals surface area (Å²) in [6.07, 6.45) is -4.44. The van der Waals surface area contributed by atoms with Crippen LogP contribution in [0.2, 0.25) is 0 Å². The first-order valence-electron chi connectivity index (χ1n) is 6.01. The molecule has 0 aromatic heterocycles. The van der Waals surface area contributed by atoms with Crippen molar-refractivity contribution in [2.45, 2.75) is 44.7 Å². The van der Waals surface area contributed by atoms with Crippen LogP contribution in [-0.4, -0.2) is 48.4 Å². The molecule has 5 nitrogen and oxygen atoms in total. The molecule has 3 atom stereocenters. The van der Waals surface area contributed by atoms with Crippen molar-refractivity contribution in [3.63, 3.8) is 0 Å². The minimum atomic E-state index is -4.80. The van der Waals surface area contributed by atoms with Crippen molar-refractivity contribution in [1.82, 2.24) is 4.90 Å². The van der Waals surface area contributed by atoms with E-state index in [1.54, 1.807) is 14.0 Å². The van der Waals surface area contributed by atoms with E-state index in [2.05, 4.69) is 11.7 Å². The minimum absolute atomic E-state index is 0.199. The number of nitrogens with two attached hydrogens (primary N) is 1. The van der Waals surface area contributed by atoms with Crippen LogP contribution in [0, 0.1) is 5.41 Å². The summed E-state index contributed by atoms with van der Waals surface area (Å²) in [6.45, 7) is 7.03. The Morgan fingerprint density at radius 2 is 1.95 bits per heavy atom. The SMILES string of the molecule is C=N/C=C(/Cl)N(C)C(C)[C@H](C)OC(C)(C(=N)N)C(F)(F)F. The lowest BCUT2D eigenvalue weighted by Gasteiger charge is -2.38. The lowest BCUT2D eigenvalue weighted by molar-refractivity contribution is -0.257. The predicted octanol–water partition coefficient (Wildman–Crippen LogP) is 2.71. The van der Waals surface area contributed by atoms with Gasteiger partial charge in [0.1, 0.15) is 11.0 Å². The fraction of sp³-hybridized carbons (Fsp3) is 0.667. The number of rotatable bonds is 7. The Balaban J connectivity index is 5.18. The van der Waals surface area contributed by atoms with Crippen LogP contribution in [-0.2, 0) is 4.74 Å². The van der Waals surface area contributed by atoms with Crippen LogP contribution in [0.15, 0.2) is 16.3 Å². The van der Waals surface area contributed by atoms with Crippen LogP contribution in [0.25, 0.3) is 0 Å². The third-order valence-electron chi connectivity index (χ3n) is 3.30. The van der Waals surface area contributed by atoms with Crippen LogP contribution in [0.3, 0.4) is 0 Å². The maximum Gasteiger partial charge on any atom is 0.424 e. The molecule has 9 heteroatoms. The molecule has 0 aliphatic carbocycles. The number of amidine groups is 1. The number of likely N-dealkylation sites (N-methyl/N-ethyl adjacent to an activating group) is 1. The standard InChI is InChI=1S/C12H20ClF3N4O/c1-7(20(5)9(13)6-19-4)8(2)21-11(3,10(17)18)12(14,15)16/h6-8H,4H2,1-3,5H3,(H3,17,18)/b9-6-/t7?,8-,11?/m0/s1. The quantitative estimate of drug-likeness (QED) is 0.428. The highest BCUT2D eigenvalue weighted by Gasteiger charge is 2.56. The van der Waals surface area contributed by atoms with Crippen LogP contribution in [0.1, 0.15) is 20.8 Å². The van der Waals surface area contributed by atoms with Gasteiger partial charge in [0.25, 0.3) is 0 Å². The Labute approximate surface area is 127 Å². The van der Waals surface area contributed by atoms with Gasteiger partial charge in [-0.25, -0.2) is 0 Å². The topological polar surface area (TPSA) is 74.7 Å². The number of ether oxygens (including phenoxy) is 1. The second-order valence-electron chi connectivity index (χ2n) is 4.75. The molecule has 0 rings (SSSR count). The monoisotopic (exact) mass is 328 g/mol. The van der Waals surface area contributed by atoms with Gasteiger partial charge in [0.15, 0.2) is 0 Å². The third kappa shape index (κ3) is 4.60. The van der Waals surface area contributed by atoms with Crippen LogP contribution < -0.4 is 5.73 Å². The molecular weight excluding hydrogens is 309 g/mol. The molecule has 122 valence electrons. The van der Waals surface area contributed by atoms with Gasteiger partial charge in [-0.15, -0.1) is 0 Å². The Hall–Kier alpha value is -1.28. The van der Waals surface area contributed by atoms with Crippen LogP contribution >= 0.6 is 11.6 Å². The van der Waals surface area contributed by atoms with E-state index in [0.29, 0.717) is 0 Å². The predicted molar refractivity (Wildman–Crippen MR) is 77.6 cm³/mol. The van der Waals surface area contributed by atoms with E-state index in [-0.39, 0.29) is 5.16 Å². The molecule has 0 aromatic rings. The Morgan fingerprint density at radius 1 is 1.48 bits per heavy atom. The molecule has 0 radical (unpaired) electrons. The Bertz CT molecular complexity index is 427. The Morgan fingerprint density at radius 3 is 2.29 bits per heavy atom. The average molecular weight is 329 g/mol. The summed E-state index contributed by atoms with van der Waals surface area (Å²) in [7, 11) is 1.58. The van der Waals surface area contributed by atoms with E-state index >= 15 is 0 Å². The van der Waals surface area contributed by atoms with E-state index in [9.17, 15) is 13.2 Å². The van der Waals surface area contributed by atoms with Gasteiger partial charge >= 0.3 is 6.18 Å². The van der Waals surface area contributed by atoms with E-state index in [1.165, 1.54) is 18.0 Å². The van der Waals surface area contributed by atoms with Crippen molar-refractivity contribution in [3.8, 4) is 0 Å². The van der Waals surface area contributed by atoms with Gasteiger partial charge in [-0.1, -0.05) is 11.6 Å². The third-order valence-corrected chi connectivity index (χ3v) is 3.67. The summed E-state index contributed by atoms with van der Waals surface area (Å²) in [5.41, 5.74) is 2.20. The zero-order chi connectivity index (χ0) is 17.0. The smallest absolute Gasteiger partial charge is 0.385 e. The fourth-order valence-corrected chi connectivity index (χ4v) is 1.65. The first-order chi connectivity index (χ1) is 9.38. The lowest BCUT2D eigenvalue weighted by atomic mass is 10.0. The second-order valence-corrected chi connectivity index (χ2v) is 5.14. The van der Waals surface area contributed by atoms with Crippen molar-refractivity contribution < 1.29 is 17.9 Å². The zero-order valence-corrected chi connectivity index (χ0v) is 13.1. The number of nitrogens with one attached hydrogen (secondary N) is 1. The summed E-state index contributed by atoms with van der Waals surface area (Å²) >= 11 is 5.90. The number of nitrogens with zero attached hydrogens (tertiary/aromatic N) is 2. The summed E-state index contributed by atoms with van der Waals surface area (Å²) in [6, 6.07) is -0.517. The molecule has 0 aromatic carbocycles. The summed E-state index contributed by atoms with van der Waals surface area (Å²) in [4.78, 5) is 4.96. The highest BCUT2D eigenvalue weighted by atomic mass is 35.5. The number of alkyl halides is 3. The van der Waals surface area contributed by atoms with Crippen LogP contribution in [0.4, 0.5) is 13.2 Å². The molecule has 0 spiro atoms. The number of hydrogen-bond donors (Lipinski definition) is 2. The molecule has 0 bridgehead atoms. The maximum atomic E-state index is 13.0. The average Bonchev–Trinajstić information content (AvgIpc) is 2.35. The second kappa shape index (κ2) is 7.13. The molecular formula is C12H20ClF3N4O. The molecule has 3 N–H and O–H groups in total. The summed E-state index contributed by atoms with van der Waals surface area (Å²) in [5, 5.41) is 7.35. The molecule has 0 aliphatic rings. The number of halogens is 4. The van der Waals surface area contributed by atoms with E-state index < -0.39 is 29.8 Å². The van der Waals surface area contributed by atoms with Crippen molar-refractivity contribution >= 4 is 24.2 Å². The van der Waals surface area contributed by atoms with Gasteiger partial charge in [-0.2, -0.15) is 13.2 Å². The fourth-order valence-electron chi connectivity index (χ4n) is 1.43. The minimum Gasteiger partial charge on any atom is -0.385 e. The van der Waals surface area contributed by atoms with Gasteiger partial charge < -0.3 is 15.4 Å². The molecule has 0 saturated carbocycles. The largest absolute Gasteiger partial charge is 0.424 e. The maximum absolute atomic E-state index is 13.0. The van der Waals surface area contributed by atoms with E-state index in [1.807, 2.05) is 0 Å². The molecule has 0 aliphatic heterocycles. The van der Waals surface area contributed by atoms with Gasteiger partial charge in [-0.05, 0) is 27.5 Å². The van der Waals surface area contributed by atoms with Gasteiger partial charge in [0.2, 0.25) is 5.60 Å². The summed E-state index contributed by atoms with van der Waals surface area (Å²) in [5.74, 6) is -1.11. The van der Waals surface area contributed by atoms with Crippen molar-refractivity contribution in [1.29, 1.82) is 5.41 Å². The first-order valence-corrected chi connectivity index (χ1v) is 6.39. The van der Waals surface area contributed by atoms with Gasteiger partial charge in [0.05, 0.1) is 18.3 Å². The molecule has 0 fully saturated rings. The summed E-state index contributed by atoms with van der Waals surface area (Å²) < 4.78 is 44.1. The van der Waals surface area contributed by atoms with E-state index in [0.717, 1.165) is 6.92 Å². The van der Waals surface area contributed by atoms with Gasteiger partial charge in [-0.3, -0.25) is 10.4 Å². The van der Waals surface area contributed by atoms with Gasteiger partial charge in [0, 0.05) is 7.05 Å². The highest BCUT2D eigenvalue weighted by molar-refractivity contribution is 6.29. The zero-order valence-electron chi connectivity index (χ0n) is 12.3. The molecule has 0 saturated heterocycles. The normalized spacial score (nSPS) is 18.6. The molecule has 21 heavy (non-hydrogen) atoms. The number of aliphatic imine (C=N–C) groups is 1. The molecule has 2 unspecified atom stereocenters. The van der Waals surface area contributed by atoms with Crippen LogP contribution in [0.5, 0.6) is 0 Å². The van der Waals surface area contributed by atoms with Crippen molar-refractivity contribution in [3.05, 3.63) is 11.4 Å². The number of hydrogen-bond acceptors (Lipinski definition) is 4. The Kier molecular flexibility index (Phi) is 6.69. The first kappa shape index (κ1) is 19.7. The molecule has 0 amide bonds. The lowest BCUT2D eigenvalue weighted by Crippen LogP contribution is -2.57. The van der Waals surface area contributed by atoms with E-state index in [4.69, 9.17) is 27.5 Å². The molecule has 0 heterocycles. The highest BCUT2D eigenvalue weighted by Crippen LogP contribution is 2.35. The van der Waals surface area contributed by atoms with Crippen molar-refractivity contribution in [2.24, 2.45) is 10.7 Å².